The van der Waals surface area contributed by atoms with Gasteiger partial charge in [0.2, 0.25) is 12.0 Å². The predicted octanol–water partition coefficient (Wildman–Crippen LogP) is 4.89. The summed E-state index contributed by atoms with van der Waals surface area (Å²) < 4.78 is 5.97. The number of aryl methyl sites for hydroxylation is 3. The molecule has 1 atom stereocenters. The van der Waals surface area contributed by atoms with Crippen LogP contribution in [0.5, 0.6) is 5.75 Å². The molecule has 0 fully saturated rings. The Labute approximate surface area is 188 Å². The number of rotatable bonds is 6. The number of benzene rings is 2. The molecule has 32 heavy (non-hydrogen) atoms. The minimum Gasteiger partial charge on any atom is -0.472 e. The van der Waals surface area contributed by atoms with Gasteiger partial charge in [-0.2, -0.15) is 0 Å². The molecule has 6 nitrogen and oxygen atoms in total. The minimum absolute atomic E-state index is 0.0679. The second kappa shape index (κ2) is 9.22. The van der Waals surface area contributed by atoms with Crippen molar-refractivity contribution in [2.24, 2.45) is 0 Å². The molecule has 3 aromatic rings. The smallest absolute Gasteiger partial charge is 0.274 e. The van der Waals surface area contributed by atoms with E-state index in [1.807, 2.05) is 57.2 Å². The van der Waals surface area contributed by atoms with Crippen LogP contribution in [-0.2, 0) is 9.59 Å². The van der Waals surface area contributed by atoms with Gasteiger partial charge in [-0.3, -0.25) is 14.5 Å². The molecule has 0 bridgehead atoms. The summed E-state index contributed by atoms with van der Waals surface area (Å²) in [6.45, 7) is 6.41. The van der Waals surface area contributed by atoms with Crippen LogP contribution in [0.1, 0.15) is 41.2 Å². The summed E-state index contributed by atoms with van der Waals surface area (Å²) in [7, 11) is 0. The van der Waals surface area contributed by atoms with E-state index in [-0.39, 0.29) is 11.8 Å². The van der Waals surface area contributed by atoms with Crippen LogP contribution in [-0.4, -0.2) is 23.3 Å². The van der Waals surface area contributed by atoms with Gasteiger partial charge >= 0.3 is 0 Å². The van der Waals surface area contributed by atoms with E-state index in [0.29, 0.717) is 31.0 Å². The SMILES string of the molecule is Cc1cc(C)c(NC(=O)CCCN2C(=O)[C@@H](c3ccccc3)Oc3cccnc32)c(C)c1. The normalized spacial score (nSPS) is 15.2. The summed E-state index contributed by atoms with van der Waals surface area (Å²) in [5, 5.41) is 3.03. The van der Waals surface area contributed by atoms with Crippen LogP contribution in [0.15, 0.2) is 60.8 Å². The second-order valence-corrected chi connectivity index (χ2v) is 8.15. The maximum atomic E-state index is 13.2. The highest BCUT2D eigenvalue weighted by Gasteiger charge is 2.36. The Hall–Kier alpha value is -3.67. The number of fused-ring (bicyclic) bond motifs is 1. The molecule has 0 saturated heterocycles. The number of nitrogens with one attached hydrogen (secondary N) is 1. The third kappa shape index (κ3) is 4.49. The van der Waals surface area contributed by atoms with Crippen molar-refractivity contribution < 1.29 is 14.3 Å². The molecule has 1 N–H and O–H groups in total. The van der Waals surface area contributed by atoms with Crippen LogP contribution in [0.3, 0.4) is 0 Å². The van der Waals surface area contributed by atoms with Crippen LogP contribution in [0, 0.1) is 20.8 Å². The molecular weight excluding hydrogens is 402 g/mol. The van der Waals surface area contributed by atoms with Gasteiger partial charge in [-0.05, 0) is 50.5 Å². The molecule has 4 rings (SSSR count). The lowest BCUT2D eigenvalue weighted by Gasteiger charge is -2.33. The maximum Gasteiger partial charge on any atom is 0.274 e. The highest BCUT2D eigenvalue weighted by Crippen LogP contribution is 2.37. The number of carbonyl (C=O) groups is 2. The van der Waals surface area contributed by atoms with Gasteiger partial charge in [0.25, 0.3) is 5.91 Å². The third-order valence-electron chi connectivity index (χ3n) is 5.57. The first-order valence-corrected chi connectivity index (χ1v) is 10.8. The topological polar surface area (TPSA) is 71.5 Å². The van der Waals surface area contributed by atoms with E-state index in [9.17, 15) is 9.59 Å². The van der Waals surface area contributed by atoms with Gasteiger partial charge in [0.1, 0.15) is 0 Å². The number of anilines is 2. The molecule has 0 saturated carbocycles. The van der Waals surface area contributed by atoms with Gasteiger partial charge in [-0.1, -0.05) is 48.0 Å². The fourth-order valence-corrected chi connectivity index (χ4v) is 4.13. The van der Waals surface area contributed by atoms with Gasteiger partial charge in [-0.25, -0.2) is 4.98 Å². The molecule has 2 heterocycles. The van der Waals surface area contributed by atoms with E-state index in [1.54, 1.807) is 17.2 Å². The molecule has 1 aromatic heterocycles. The molecule has 0 aliphatic carbocycles. The van der Waals surface area contributed by atoms with Crippen molar-refractivity contribution in [3.8, 4) is 5.75 Å². The lowest BCUT2D eigenvalue weighted by molar-refractivity contribution is -0.127. The Morgan fingerprint density at radius 1 is 1.06 bits per heavy atom. The number of pyridine rings is 1. The van der Waals surface area contributed by atoms with Gasteiger partial charge in [0.05, 0.1) is 0 Å². The van der Waals surface area contributed by atoms with Crippen molar-refractivity contribution in [2.45, 2.75) is 39.7 Å². The van der Waals surface area contributed by atoms with Crippen LogP contribution in [0.4, 0.5) is 11.5 Å². The lowest BCUT2D eigenvalue weighted by Crippen LogP contribution is -2.42. The molecule has 0 spiro atoms. The quantitative estimate of drug-likeness (QED) is 0.605. The second-order valence-electron chi connectivity index (χ2n) is 8.15. The monoisotopic (exact) mass is 429 g/mol. The van der Waals surface area contributed by atoms with Gasteiger partial charge in [0.15, 0.2) is 11.6 Å². The molecule has 6 heteroatoms. The van der Waals surface area contributed by atoms with Crippen molar-refractivity contribution in [2.75, 3.05) is 16.8 Å². The Morgan fingerprint density at radius 2 is 1.78 bits per heavy atom. The fourth-order valence-electron chi connectivity index (χ4n) is 4.13. The summed E-state index contributed by atoms with van der Waals surface area (Å²) in [4.78, 5) is 31.8. The third-order valence-corrected chi connectivity index (χ3v) is 5.57. The Balaban J connectivity index is 1.45. The summed E-state index contributed by atoms with van der Waals surface area (Å²) in [6, 6.07) is 17.1. The van der Waals surface area contributed by atoms with Crippen molar-refractivity contribution in [3.05, 3.63) is 83.0 Å². The lowest BCUT2D eigenvalue weighted by atomic mass is 10.0. The molecule has 1 aliphatic heterocycles. The zero-order chi connectivity index (χ0) is 22.7. The van der Waals surface area contributed by atoms with Gasteiger partial charge < -0.3 is 10.1 Å². The van der Waals surface area contributed by atoms with Crippen molar-refractivity contribution in [1.82, 2.24) is 4.98 Å². The van der Waals surface area contributed by atoms with Crippen molar-refractivity contribution in [1.29, 1.82) is 0 Å². The number of ether oxygens (including phenoxy) is 1. The van der Waals surface area contributed by atoms with Crippen molar-refractivity contribution in [3.63, 3.8) is 0 Å². The first-order valence-electron chi connectivity index (χ1n) is 10.8. The van der Waals surface area contributed by atoms with E-state index >= 15 is 0 Å². The van der Waals surface area contributed by atoms with E-state index in [1.165, 1.54) is 5.56 Å². The average Bonchev–Trinajstić information content (AvgIpc) is 2.78. The van der Waals surface area contributed by atoms with E-state index in [0.717, 1.165) is 22.4 Å². The molecule has 2 amide bonds. The molecule has 164 valence electrons. The summed E-state index contributed by atoms with van der Waals surface area (Å²) >= 11 is 0. The Kier molecular flexibility index (Phi) is 6.21. The number of nitrogens with zero attached hydrogens (tertiary/aromatic N) is 2. The van der Waals surface area contributed by atoms with Gasteiger partial charge in [0, 0.05) is 30.4 Å². The van der Waals surface area contributed by atoms with Crippen LogP contribution in [0.25, 0.3) is 0 Å². The molecule has 0 radical (unpaired) electrons. The van der Waals surface area contributed by atoms with Crippen LogP contribution >= 0.6 is 0 Å². The predicted molar refractivity (Wildman–Crippen MR) is 125 cm³/mol. The number of amides is 2. The standard InChI is InChI=1S/C26H27N3O3/c1-17-15-18(2)23(19(3)16-17)28-22(30)12-8-14-29-25-21(11-7-13-27-25)32-24(26(29)31)20-9-5-4-6-10-20/h4-7,9-11,13,15-16,24H,8,12,14H2,1-3H3,(H,28,30)/t24-/m1/s1. The highest BCUT2D eigenvalue weighted by atomic mass is 16.5. The minimum atomic E-state index is -0.723. The van der Waals surface area contributed by atoms with E-state index in [4.69, 9.17) is 4.74 Å². The first kappa shape index (κ1) is 21.6. The maximum absolute atomic E-state index is 13.2. The molecule has 1 aliphatic rings. The number of hydrogen-bond acceptors (Lipinski definition) is 4. The summed E-state index contributed by atoms with van der Waals surface area (Å²) in [5.74, 6) is 0.821. The fraction of sp³-hybridized carbons (Fsp3) is 0.269. The van der Waals surface area contributed by atoms with Gasteiger partial charge in [-0.15, -0.1) is 0 Å². The van der Waals surface area contributed by atoms with Crippen molar-refractivity contribution >= 4 is 23.3 Å². The molecule has 2 aromatic carbocycles. The summed E-state index contributed by atoms with van der Waals surface area (Å²) in [6.07, 6.45) is 1.73. The first-order chi connectivity index (χ1) is 15.4. The number of carbonyl (C=O) groups excluding carboxylic acids is 2. The van der Waals surface area contributed by atoms with Crippen LogP contribution < -0.4 is 15.0 Å². The van der Waals surface area contributed by atoms with E-state index < -0.39 is 6.10 Å². The molecular formula is C26H27N3O3. The Bertz CT molecular complexity index is 1120. The summed E-state index contributed by atoms with van der Waals surface area (Å²) in [5.41, 5.74) is 4.91. The Morgan fingerprint density at radius 3 is 2.50 bits per heavy atom. The number of hydrogen-bond donors (Lipinski definition) is 1. The largest absolute Gasteiger partial charge is 0.472 e. The zero-order valence-corrected chi connectivity index (χ0v) is 18.6. The van der Waals surface area contributed by atoms with E-state index in [2.05, 4.69) is 22.4 Å². The number of aromatic nitrogens is 1. The zero-order valence-electron chi connectivity index (χ0n) is 18.6. The highest BCUT2D eigenvalue weighted by molar-refractivity contribution is 5.99. The average molecular weight is 430 g/mol. The van der Waals surface area contributed by atoms with Crippen LogP contribution in [0.2, 0.25) is 0 Å². The molecule has 0 unspecified atom stereocenters.